The first-order valence-electron chi connectivity index (χ1n) is 9.06. The van der Waals surface area contributed by atoms with Crippen LogP contribution in [-0.4, -0.2) is 59.2 Å². The van der Waals surface area contributed by atoms with Gasteiger partial charge in [-0.25, -0.2) is 0 Å². The Bertz CT molecular complexity index is 781. The van der Waals surface area contributed by atoms with Gasteiger partial charge in [0.15, 0.2) is 0 Å². The first-order valence-corrected chi connectivity index (χ1v) is 9.06. The fourth-order valence-electron chi connectivity index (χ4n) is 4.09. The van der Waals surface area contributed by atoms with E-state index in [2.05, 4.69) is 27.0 Å². The lowest BCUT2D eigenvalue weighted by atomic mass is 9.77. The van der Waals surface area contributed by atoms with Gasteiger partial charge in [-0.15, -0.1) is 0 Å². The van der Waals surface area contributed by atoms with Gasteiger partial charge in [0.25, 0.3) is 0 Å². The van der Waals surface area contributed by atoms with E-state index in [9.17, 15) is 4.79 Å². The topological polar surface area (TPSA) is 58.6 Å². The lowest BCUT2D eigenvalue weighted by Crippen LogP contribution is -2.68. The van der Waals surface area contributed by atoms with Gasteiger partial charge in [-0.2, -0.15) is 0 Å². The van der Waals surface area contributed by atoms with E-state index in [1.54, 1.807) is 12.4 Å². The smallest absolute Gasteiger partial charge is 0.248 e. The van der Waals surface area contributed by atoms with E-state index in [1.807, 2.05) is 17.9 Å². The quantitative estimate of drug-likeness (QED) is 0.854. The molecule has 1 aromatic carbocycles. The summed E-state index contributed by atoms with van der Waals surface area (Å²) < 4.78 is 5.31. The van der Waals surface area contributed by atoms with Crippen LogP contribution < -0.4 is 4.90 Å². The predicted molar refractivity (Wildman–Crippen MR) is 96.5 cm³/mol. The molecule has 2 fully saturated rings. The normalized spacial score (nSPS) is 23.1. The molecule has 0 unspecified atom stereocenters. The van der Waals surface area contributed by atoms with Crippen molar-refractivity contribution in [2.24, 2.45) is 0 Å². The molecule has 4 rings (SSSR count). The average molecular weight is 340 g/mol. The molecule has 0 saturated carbocycles. The minimum Gasteiger partial charge on any atom is -0.372 e. The first kappa shape index (κ1) is 16.3. The minimum absolute atomic E-state index is 0.0655. The summed E-state index contributed by atoms with van der Waals surface area (Å²) in [5.74, 6) is 0.108. The molecule has 1 amide bonds. The van der Waals surface area contributed by atoms with Gasteiger partial charge in [0.05, 0.1) is 16.6 Å². The maximum Gasteiger partial charge on any atom is 0.248 e. The number of amides is 1. The molecule has 0 aliphatic carbocycles. The number of rotatable bonds is 4. The number of nitrogens with zero attached hydrogens (tertiary/aromatic N) is 4. The van der Waals surface area contributed by atoms with Gasteiger partial charge < -0.3 is 14.5 Å². The molecular formula is C19H24N4O2. The molecule has 1 atom stereocenters. The van der Waals surface area contributed by atoms with Gasteiger partial charge in [0.1, 0.15) is 6.61 Å². The van der Waals surface area contributed by atoms with Gasteiger partial charge in [-0.1, -0.05) is 0 Å². The first-order chi connectivity index (χ1) is 12.2. The average Bonchev–Trinajstić information content (AvgIpc) is 2.65. The van der Waals surface area contributed by atoms with Crippen molar-refractivity contribution >= 4 is 22.6 Å². The highest BCUT2D eigenvalue weighted by atomic mass is 16.5. The number of aromatic nitrogens is 2. The Labute approximate surface area is 147 Å². The van der Waals surface area contributed by atoms with E-state index < -0.39 is 0 Å². The third kappa shape index (κ3) is 2.95. The summed E-state index contributed by atoms with van der Waals surface area (Å²) in [6.07, 6.45) is 6.75. The van der Waals surface area contributed by atoms with E-state index in [0.29, 0.717) is 6.61 Å². The molecule has 6 heteroatoms. The lowest BCUT2D eigenvalue weighted by Gasteiger charge is -2.58. The number of benzene rings is 1. The monoisotopic (exact) mass is 340 g/mol. The molecule has 2 aromatic rings. The molecule has 1 aromatic heterocycles. The molecule has 2 saturated heterocycles. The zero-order valence-corrected chi connectivity index (χ0v) is 14.6. The number of ether oxygens (including phenoxy) is 1. The van der Waals surface area contributed by atoms with Crippen molar-refractivity contribution in [2.75, 3.05) is 37.7 Å². The second kappa shape index (κ2) is 6.59. The number of hydrogen-bond acceptors (Lipinski definition) is 5. The van der Waals surface area contributed by atoms with Crippen LogP contribution in [0.15, 0.2) is 30.6 Å². The zero-order valence-electron chi connectivity index (χ0n) is 14.6. The number of likely N-dealkylation sites (tertiary alicyclic amines) is 1. The Morgan fingerprint density at radius 1 is 1.20 bits per heavy atom. The number of piperidine rings is 1. The van der Waals surface area contributed by atoms with Gasteiger partial charge in [-0.3, -0.25) is 14.8 Å². The van der Waals surface area contributed by atoms with E-state index in [0.717, 1.165) is 49.9 Å². The summed E-state index contributed by atoms with van der Waals surface area (Å²) in [6.45, 7) is 5.34. The summed E-state index contributed by atoms with van der Waals surface area (Å²) in [4.78, 5) is 25.6. The Kier molecular flexibility index (Phi) is 4.29. The largest absolute Gasteiger partial charge is 0.372 e. The summed E-state index contributed by atoms with van der Waals surface area (Å²) in [6, 6.07) is 6.27. The van der Waals surface area contributed by atoms with E-state index in [1.165, 1.54) is 5.69 Å². The van der Waals surface area contributed by atoms with Crippen molar-refractivity contribution < 1.29 is 9.53 Å². The van der Waals surface area contributed by atoms with Crippen molar-refractivity contribution in [1.29, 1.82) is 0 Å². The summed E-state index contributed by atoms with van der Waals surface area (Å²) in [5.41, 5.74) is 3.08. The number of carbonyl (C=O) groups is 1. The molecule has 0 bridgehead atoms. The molecule has 25 heavy (non-hydrogen) atoms. The van der Waals surface area contributed by atoms with E-state index >= 15 is 0 Å². The number of fused-ring (bicyclic) bond motifs is 1. The standard InChI is InChI=1S/C19H24N4O2/c1-2-25-13-18(24)22-10-3-6-19(14-22)7-11-23(19)15-4-5-16-17(12-15)21-9-8-20-16/h4-5,8-9,12H,2-3,6-7,10-11,13-14H2,1H3/t19-/m1/s1. The van der Waals surface area contributed by atoms with Gasteiger partial charge in [-0.05, 0) is 44.4 Å². The highest BCUT2D eigenvalue weighted by Crippen LogP contribution is 2.42. The Balaban J connectivity index is 1.54. The molecule has 0 radical (unpaired) electrons. The molecule has 2 aliphatic rings. The van der Waals surface area contributed by atoms with E-state index in [4.69, 9.17) is 4.74 Å². The number of carbonyl (C=O) groups excluding carboxylic acids is 1. The Morgan fingerprint density at radius 2 is 2.04 bits per heavy atom. The van der Waals surface area contributed by atoms with Crippen LogP contribution >= 0.6 is 0 Å². The van der Waals surface area contributed by atoms with Gasteiger partial charge >= 0.3 is 0 Å². The predicted octanol–water partition coefficient (Wildman–Crippen LogP) is 2.24. The second-order valence-electron chi connectivity index (χ2n) is 6.91. The maximum absolute atomic E-state index is 12.4. The minimum atomic E-state index is 0.0655. The number of anilines is 1. The SMILES string of the molecule is CCOCC(=O)N1CCC[C@@]2(CCN2c2ccc3nccnc3c2)C1. The molecule has 6 nitrogen and oxygen atoms in total. The van der Waals surface area contributed by atoms with Crippen molar-refractivity contribution in [2.45, 2.75) is 31.7 Å². The highest BCUT2D eigenvalue weighted by molar-refractivity contribution is 5.80. The number of hydrogen-bond donors (Lipinski definition) is 0. The molecule has 132 valence electrons. The van der Waals surface area contributed by atoms with Crippen LogP contribution in [0.1, 0.15) is 26.2 Å². The molecular weight excluding hydrogens is 316 g/mol. The van der Waals surface area contributed by atoms with Gasteiger partial charge in [0, 0.05) is 44.3 Å². The Hall–Kier alpha value is -2.21. The third-order valence-electron chi connectivity index (χ3n) is 5.48. The van der Waals surface area contributed by atoms with Crippen LogP contribution in [0, 0.1) is 0 Å². The highest BCUT2D eigenvalue weighted by Gasteiger charge is 2.48. The molecule has 0 N–H and O–H groups in total. The summed E-state index contributed by atoms with van der Waals surface area (Å²) in [5, 5.41) is 0. The third-order valence-corrected chi connectivity index (χ3v) is 5.48. The van der Waals surface area contributed by atoms with Crippen molar-refractivity contribution in [3.63, 3.8) is 0 Å². The van der Waals surface area contributed by atoms with Crippen molar-refractivity contribution in [3.05, 3.63) is 30.6 Å². The fourth-order valence-corrected chi connectivity index (χ4v) is 4.09. The van der Waals surface area contributed by atoms with Crippen molar-refractivity contribution in [1.82, 2.24) is 14.9 Å². The van der Waals surface area contributed by atoms with Crippen LogP contribution in [0.5, 0.6) is 0 Å². The lowest BCUT2D eigenvalue weighted by molar-refractivity contribution is -0.138. The fraction of sp³-hybridized carbons (Fsp3) is 0.526. The molecule has 2 aliphatic heterocycles. The van der Waals surface area contributed by atoms with E-state index in [-0.39, 0.29) is 18.1 Å². The molecule has 3 heterocycles. The Morgan fingerprint density at radius 3 is 2.80 bits per heavy atom. The molecule has 1 spiro atoms. The van der Waals surface area contributed by atoms with Crippen LogP contribution in [0.3, 0.4) is 0 Å². The van der Waals surface area contributed by atoms with Crippen LogP contribution in [0.4, 0.5) is 5.69 Å². The second-order valence-corrected chi connectivity index (χ2v) is 6.91. The van der Waals surface area contributed by atoms with Crippen LogP contribution in [0.2, 0.25) is 0 Å². The van der Waals surface area contributed by atoms with Gasteiger partial charge in [0.2, 0.25) is 5.91 Å². The van der Waals surface area contributed by atoms with Crippen molar-refractivity contribution in [3.8, 4) is 0 Å². The summed E-state index contributed by atoms with van der Waals surface area (Å²) in [7, 11) is 0. The van der Waals surface area contributed by atoms with Crippen LogP contribution in [-0.2, 0) is 9.53 Å². The summed E-state index contributed by atoms with van der Waals surface area (Å²) >= 11 is 0. The maximum atomic E-state index is 12.4. The van der Waals surface area contributed by atoms with Crippen LogP contribution in [0.25, 0.3) is 11.0 Å². The zero-order chi connectivity index (χ0) is 17.3.